The van der Waals surface area contributed by atoms with Crippen LogP contribution in [0.15, 0.2) is 54.7 Å². The Balaban J connectivity index is 1.54. The van der Waals surface area contributed by atoms with Gasteiger partial charge in [0.05, 0.1) is 16.9 Å². The molecule has 26 heavy (non-hydrogen) atoms. The van der Waals surface area contributed by atoms with Crippen LogP contribution >= 0.6 is 0 Å². The largest absolute Gasteiger partial charge is 0.352 e. The summed E-state index contributed by atoms with van der Waals surface area (Å²) in [5.41, 5.74) is 2.86. The number of carbonyl (C=O) groups excluding carboxylic acids is 1. The van der Waals surface area contributed by atoms with Gasteiger partial charge in [0.15, 0.2) is 0 Å². The number of aryl methyl sites for hydroxylation is 2. The molecule has 0 aliphatic rings. The minimum absolute atomic E-state index is 0.153. The highest BCUT2D eigenvalue weighted by atomic mass is 19.1. The monoisotopic (exact) mass is 355 g/mol. The number of halogens is 2. The normalized spacial score (nSPS) is 10.7. The Morgan fingerprint density at radius 2 is 1.92 bits per heavy atom. The van der Waals surface area contributed by atoms with Crippen molar-refractivity contribution in [1.82, 2.24) is 15.1 Å². The lowest BCUT2D eigenvalue weighted by Gasteiger charge is -2.06. The number of amides is 1. The molecule has 0 saturated carbocycles. The van der Waals surface area contributed by atoms with E-state index in [1.54, 1.807) is 0 Å². The number of aromatic nitrogens is 2. The van der Waals surface area contributed by atoms with Crippen LogP contribution in [0.25, 0.3) is 5.69 Å². The first-order chi connectivity index (χ1) is 12.5. The molecule has 3 aromatic rings. The molecule has 0 saturated heterocycles. The molecule has 0 radical (unpaired) electrons. The highest BCUT2D eigenvalue weighted by Crippen LogP contribution is 2.13. The Morgan fingerprint density at radius 1 is 1.15 bits per heavy atom. The van der Waals surface area contributed by atoms with Crippen LogP contribution in [0.3, 0.4) is 0 Å². The van der Waals surface area contributed by atoms with Crippen LogP contribution in [-0.2, 0) is 6.42 Å². The van der Waals surface area contributed by atoms with Crippen molar-refractivity contribution in [2.24, 2.45) is 0 Å². The Hall–Kier alpha value is -3.02. The van der Waals surface area contributed by atoms with Gasteiger partial charge < -0.3 is 5.32 Å². The Bertz CT molecular complexity index is 907. The maximum atomic E-state index is 13.6. The summed E-state index contributed by atoms with van der Waals surface area (Å²) < 4.78 is 28.3. The minimum atomic E-state index is -0.859. The van der Waals surface area contributed by atoms with E-state index < -0.39 is 17.5 Å². The summed E-state index contributed by atoms with van der Waals surface area (Å²) in [5.74, 6) is -2.10. The molecular weight excluding hydrogens is 336 g/mol. The molecule has 1 aromatic heterocycles. The number of hydrogen-bond acceptors (Lipinski definition) is 2. The molecule has 0 spiro atoms. The molecule has 0 unspecified atom stereocenters. The highest BCUT2D eigenvalue weighted by molar-refractivity contribution is 5.94. The second-order valence-electron chi connectivity index (χ2n) is 6.00. The highest BCUT2D eigenvalue weighted by Gasteiger charge is 2.12. The lowest BCUT2D eigenvalue weighted by Crippen LogP contribution is -2.25. The molecule has 1 N–H and O–H groups in total. The van der Waals surface area contributed by atoms with E-state index in [9.17, 15) is 13.6 Å². The average Bonchev–Trinajstić information content (AvgIpc) is 3.00. The SMILES string of the molecule is Cc1nn(-c2ccccc2)cc1CCCNC(=O)c1ccc(F)cc1F. The molecular formula is C20H19F2N3O. The zero-order valence-electron chi connectivity index (χ0n) is 14.4. The fraction of sp³-hybridized carbons (Fsp3) is 0.200. The van der Waals surface area contributed by atoms with Crippen molar-refractivity contribution in [3.63, 3.8) is 0 Å². The van der Waals surface area contributed by atoms with Gasteiger partial charge in [-0.25, -0.2) is 13.5 Å². The standard InChI is InChI=1S/C20H19F2N3O/c1-14-15(13-25(24-14)17-7-3-2-4-8-17)6-5-11-23-20(26)18-10-9-16(21)12-19(18)22/h2-4,7-10,12-13H,5-6,11H2,1H3,(H,23,26). The summed E-state index contributed by atoms with van der Waals surface area (Å²) in [7, 11) is 0. The van der Waals surface area contributed by atoms with E-state index in [0.717, 1.165) is 35.5 Å². The lowest BCUT2D eigenvalue weighted by molar-refractivity contribution is 0.0949. The molecule has 134 valence electrons. The van der Waals surface area contributed by atoms with Gasteiger partial charge in [-0.05, 0) is 49.6 Å². The van der Waals surface area contributed by atoms with E-state index in [4.69, 9.17) is 0 Å². The maximum Gasteiger partial charge on any atom is 0.254 e. The third-order valence-electron chi connectivity index (χ3n) is 4.11. The van der Waals surface area contributed by atoms with Gasteiger partial charge in [0.1, 0.15) is 11.6 Å². The van der Waals surface area contributed by atoms with E-state index in [-0.39, 0.29) is 5.56 Å². The van der Waals surface area contributed by atoms with E-state index in [0.29, 0.717) is 19.0 Å². The van der Waals surface area contributed by atoms with E-state index >= 15 is 0 Å². The molecule has 0 bridgehead atoms. The summed E-state index contributed by atoms with van der Waals surface area (Å²) in [5, 5.41) is 7.17. The Morgan fingerprint density at radius 3 is 2.65 bits per heavy atom. The van der Waals surface area contributed by atoms with Crippen molar-refractivity contribution in [2.75, 3.05) is 6.54 Å². The predicted octanol–water partition coefficient (Wildman–Crippen LogP) is 3.82. The number of benzene rings is 2. The van der Waals surface area contributed by atoms with Crippen molar-refractivity contribution in [1.29, 1.82) is 0 Å². The van der Waals surface area contributed by atoms with Gasteiger partial charge in [-0.3, -0.25) is 4.79 Å². The molecule has 3 rings (SSSR count). The summed E-state index contributed by atoms with van der Waals surface area (Å²) in [6.45, 7) is 2.34. The molecule has 4 nitrogen and oxygen atoms in total. The first kappa shape index (κ1) is 17.8. The van der Waals surface area contributed by atoms with Crippen LogP contribution in [0.2, 0.25) is 0 Å². The third-order valence-corrected chi connectivity index (χ3v) is 4.11. The van der Waals surface area contributed by atoms with E-state index in [2.05, 4.69) is 10.4 Å². The number of nitrogens with zero attached hydrogens (tertiary/aromatic N) is 2. The third kappa shape index (κ3) is 4.14. The zero-order valence-corrected chi connectivity index (χ0v) is 14.4. The summed E-state index contributed by atoms with van der Waals surface area (Å²) in [6, 6.07) is 12.7. The molecule has 2 aromatic carbocycles. The van der Waals surface area contributed by atoms with Crippen LogP contribution in [0.1, 0.15) is 28.0 Å². The maximum absolute atomic E-state index is 13.6. The van der Waals surface area contributed by atoms with Crippen molar-refractivity contribution in [3.05, 3.63) is 83.2 Å². The molecule has 0 aliphatic heterocycles. The second-order valence-corrected chi connectivity index (χ2v) is 6.00. The fourth-order valence-electron chi connectivity index (χ4n) is 2.70. The quantitative estimate of drug-likeness (QED) is 0.683. The van der Waals surface area contributed by atoms with Crippen LogP contribution in [-0.4, -0.2) is 22.2 Å². The minimum Gasteiger partial charge on any atom is -0.352 e. The van der Waals surface area contributed by atoms with Gasteiger partial charge in [-0.1, -0.05) is 18.2 Å². The molecule has 1 heterocycles. The van der Waals surface area contributed by atoms with Crippen LogP contribution < -0.4 is 5.32 Å². The lowest BCUT2D eigenvalue weighted by atomic mass is 10.1. The number of hydrogen-bond donors (Lipinski definition) is 1. The molecule has 0 aliphatic carbocycles. The van der Waals surface area contributed by atoms with Gasteiger partial charge in [0.2, 0.25) is 0 Å². The van der Waals surface area contributed by atoms with Gasteiger partial charge in [-0.15, -0.1) is 0 Å². The Kier molecular flexibility index (Phi) is 5.41. The van der Waals surface area contributed by atoms with Crippen LogP contribution in [0.5, 0.6) is 0 Å². The predicted molar refractivity (Wildman–Crippen MR) is 95.3 cm³/mol. The summed E-state index contributed by atoms with van der Waals surface area (Å²) >= 11 is 0. The molecule has 1 amide bonds. The second kappa shape index (κ2) is 7.91. The van der Waals surface area contributed by atoms with Crippen molar-refractivity contribution >= 4 is 5.91 Å². The van der Waals surface area contributed by atoms with Crippen molar-refractivity contribution < 1.29 is 13.6 Å². The van der Waals surface area contributed by atoms with Gasteiger partial charge in [-0.2, -0.15) is 5.10 Å². The number of rotatable bonds is 6. The zero-order chi connectivity index (χ0) is 18.5. The molecule has 0 fully saturated rings. The number of nitrogens with one attached hydrogen (secondary N) is 1. The van der Waals surface area contributed by atoms with Crippen molar-refractivity contribution in [3.8, 4) is 5.69 Å². The first-order valence-electron chi connectivity index (χ1n) is 8.38. The summed E-state index contributed by atoms with van der Waals surface area (Å²) in [4.78, 5) is 12.0. The smallest absolute Gasteiger partial charge is 0.254 e. The van der Waals surface area contributed by atoms with Gasteiger partial charge >= 0.3 is 0 Å². The summed E-state index contributed by atoms with van der Waals surface area (Å²) in [6.07, 6.45) is 3.41. The van der Waals surface area contributed by atoms with E-state index in [1.165, 1.54) is 0 Å². The number of para-hydroxylation sites is 1. The topological polar surface area (TPSA) is 46.9 Å². The van der Waals surface area contributed by atoms with Crippen LogP contribution in [0.4, 0.5) is 8.78 Å². The average molecular weight is 355 g/mol. The molecule has 6 heteroatoms. The van der Waals surface area contributed by atoms with Gasteiger partial charge in [0, 0.05) is 18.8 Å². The molecule has 0 atom stereocenters. The Labute approximate surface area is 150 Å². The van der Waals surface area contributed by atoms with Crippen LogP contribution in [0, 0.1) is 18.6 Å². The van der Waals surface area contributed by atoms with Crippen molar-refractivity contribution in [2.45, 2.75) is 19.8 Å². The first-order valence-corrected chi connectivity index (χ1v) is 8.38. The van der Waals surface area contributed by atoms with E-state index in [1.807, 2.05) is 48.1 Å². The number of carbonyl (C=O) groups is 1. The van der Waals surface area contributed by atoms with Gasteiger partial charge in [0.25, 0.3) is 5.91 Å². The fourth-order valence-corrected chi connectivity index (χ4v) is 2.70.